The number of hydrogen-bond acceptors (Lipinski definition) is 8. The highest BCUT2D eigenvalue weighted by Gasteiger charge is 2.39. The molecule has 4 aliphatic heterocycles. The van der Waals surface area contributed by atoms with Crippen molar-refractivity contribution in [1.29, 1.82) is 0 Å². The van der Waals surface area contributed by atoms with Gasteiger partial charge in [0.15, 0.2) is 23.0 Å². The number of carbonyl (C=O) groups excluding carboxylic acids is 3. The smallest absolute Gasteiger partial charge is 0.256 e. The topological polar surface area (TPSA) is 119 Å². The van der Waals surface area contributed by atoms with E-state index in [9.17, 15) is 14.4 Å². The van der Waals surface area contributed by atoms with Crippen LogP contribution in [-0.4, -0.2) is 86.3 Å². The van der Waals surface area contributed by atoms with Crippen molar-refractivity contribution in [2.24, 2.45) is 4.99 Å². The van der Waals surface area contributed by atoms with Gasteiger partial charge in [-0.2, -0.15) is 0 Å². The maximum atomic E-state index is 13.1. The van der Waals surface area contributed by atoms with Crippen LogP contribution >= 0.6 is 0 Å². The summed E-state index contributed by atoms with van der Waals surface area (Å²) in [5.74, 6) is 1.39. The molecule has 210 valence electrons. The number of hydrogen-bond donors (Lipinski definition) is 1. The van der Waals surface area contributed by atoms with Gasteiger partial charge in [0.1, 0.15) is 6.04 Å². The Morgan fingerprint density at radius 2 is 1.48 bits per heavy atom. The number of methoxy groups -OCH3 is 2. The lowest BCUT2D eigenvalue weighted by atomic mass is 10.1. The molecule has 2 aromatic carbocycles. The SMILES string of the molecule is COc1cc2c(cc1OCCCOc1cc3c(cc1OC)C(=O)N1CCC[C@H]1C(=O)N3)N=C[C@@H]1CCCN1C2=O. The molecule has 0 saturated carbocycles. The second kappa shape index (κ2) is 10.7. The fraction of sp³-hybridized carbons (Fsp3) is 0.448. The normalized spacial score (nSPS) is 21.1. The van der Waals surface area contributed by atoms with Crippen LogP contribution in [0.3, 0.4) is 0 Å². The van der Waals surface area contributed by atoms with Crippen molar-refractivity contribution < 1.29 is 33.3 Å². The lowest BCUT2D eigenvalue weighted by Crippen LogP contribution is -2.40. The zero-order valence-electron chi connectivity index (χ0n) is 22.6. The molecule has 0 aliphatic carbocycles. The third-order valence-electron chi connectivity index (χ3n) is 7.87. The number of aliphatic imine (C=N–C) groups is 1. The van der Waals surface area contributed by atoms with Crippen LogP contribution in [0.1, 0.15) is 52.8 Å². The molecule has 4 aliphatic rings. The minimum Gasteiger partial charge on any atom is -0.493 e. The molecule has 2 atom stereocenters. The first kappa shape index (κ1) is 26.0. The number of nitrogens with one attached hydrogen (secondary N) is 1. The molecule has 0 radical (unpaired) electrons. The summed E-state index contributed by atoms with van der Waals surface area (Å²) >= 11 is 0. The van der Waals surface area contributed by atoms with Gasteiger partial charge in [-0.25, -0.2) is 0 Å². The first-order chi connectivity index (χ1) is 19.5. The largest absolute Gasteiger partial charge is 0.493 e. The Morgan fingerprint density at radius 1 is 0.825 bits per heavy atom. The van der Waals surface area contributed by atoms with E-state index in [1.165, 1.54) is 7.11 Å². The Balaban J connectivity index is 1.11. The lowest BCUT2D eigenvalue weighted by molar-refractivity contribution is -0.119. The molecular formula is C29H32N4O7. The van der Waals surface area contributed by atoms with Gasteiger partial charge in [0.2, 0.25) is 5.91 Å². The van der Waals surface area contributed by atoms with E-state index in [2.05, 4.69) is 10.3 Å². The molecular weight excluding hydrogens is 516 g/mol. The van der Waals surface area contributed by atoms with E-state index < -0.39 is 6.04 Å². The molecule has 0 spiro atoms. The van der Waals surface area contributed by atoms with Crippen molar-refractivity contribution in [3.8, 4) is 23.0 Å². The molecule has 2 fully saturated rings. The number of fused-ring (bicyclic) bond motifs is 4. The molecule has 11 nitrogen and oxygen atoms in total. The Morgan fingerprint density at radius 3 is 2.23 bits per heavy atom. The second-order valence-electron chi connectivity index (χ2n) is 10.3. The van der Waals surface area contributed by atoms with Crippen molar-refractivity contribution in [3.05, 3.63) is 35.4 Å². The number of carbonyl (C=O) groups is 3. The Kier molecular flexibility index (Phi) is 6.95. The highest BCUT2D eigenvalue weighted by Crippen LogP contribution is 2.39. The van der Waals surface area contributed by atoms with Crippen LogP contribution in [0.15, 0.2) is 29.3 Å². The minimum atomic E-state index is -0.446. The molecule has 3 amide bonds. The number of amides is 3. The summed E-state index contributed by atoms with van der Waals surface area (Å²) in [6, 6.07) is 6.29. The second-order valence-corrected chi connectivity index (χ2v) is 10.3. The van der Waals surface area contributed by atoms with Crippen molar-refractivity contribution >= 4 is 35.3 Å². The molecule has 40 heavy (non-hydrogen) atoms. The average molecular weight is 549 g/mol. The van der Waals surface area contributed by atoms with Crippen molar-refractivity contribution in [2.75, 3.05) is 45.8 Å². The van der Waals surface area contributed by atoms with Gasteiger partial charge in [0, 0.05) is 37.9 Å². The fourth-order valence-corrected chi connectivity index (χ4v) is 5.81. The summed E-state index contributed by atoms with van der Waals surface area (Å²) in [5.41, 5.74) is 1.89. The Labute approximate surface area is 232 Å². The van der Waals surface area contributed by atoms with E-state index in [1.54, 1.807) is 36.3 Å². The van der Waals surface area contributed by atoms with E-state index in [0.29, 0.717) is 78.1 Å². The Bertz CT molecular complexity index is 1390. The lowest BCUT2D eigenvalue weighted by Gasteiger charge is -2.20. The molecule has 2 saturated heterocycles. The van der Waals surface area contributed by atoms with Crippen LogP contribution in [0.4, 0.5) is 11.4 Å². The van der Waals surface area contributed by atoms with Crippen LogP contribution in [0.25, 0.3) is 0 Å². The Hall–Kier alpha value is -4.28. The van der Waals surface area contributed by atoms with Gasteiger partial charge in [0.25, 0.3) is 11.8 Å². The molecule has 1 N–H and O–H groups in total. The van der Waals surface area contributed by atoms with Crippen LogP contribution in [0, 0.1) is 0 Å². The maximum absolute atomic E-state index is 13.1. The zero-order valence-corrected chi connectivity index (χ0v) is 22.6. The molecule has 0 bridgehead atoms. The fourth-order valence-electron chi connectivity index (χ4n) is 5.81. The van der Waals surface area contributed by atoms with Crippen molar-refractivity contribution in [1.82, 2.24) is 9.80 Å². The summed E-state index contributed by atoms with van der Waals surface area (Å²) in [7, 11) is 3.05. The van der Waals surface area contributed by atoms with E-state index in [1.807, 2.05) is 11.1 Å². The number of benzene rings is 2. The number of anilines is 1. The van der Waals surface area contributed by atoms with E-state index >= 15 is 0 Å². The first-order valence-electron chi connectivity index (χ1n) is 13.6. The molecule has 0 aromatic heterocycles. The summed E-state index contributed by atoms with van der Waals surface area (Å²) in [5, 5.41) is 2.88. The summed E-state index contributed by atoms with van der Waals surface area (Å²) in [4.78, 5) is 46.9. The zero-order chi connectivity index (χ0) is 27.8. The minimum absolute atomic E-state index is 0.0287. The predicted octanol–water partition coefficient (Wildman–Crippen LogP) is 3.43. The average Bonchev–Trinajstić information content (AvgIpc) is 3.61. The van der Waals surface area contributed by atoms with Gasteiger partial charge in [-0.15, -0.1) is 0 Å². The molecule has 0 unspecified atom stereocenters. The summed E-state index contributed by atoms with van der Waals surface area (Å²) < 4.78 is 23.0. The predicted molar refractivity (Wildman–Crippen MR) is 146 cm³/mol. The quantitative estimate of drug-likeness (QED) is 0.502. The molecule has 11 heteroatoms. The number of rotatable bonds is 8. The van der Waals surface area contributed by atoms with Crippen molar-refractivity contribution in [2.45, 2.75) is 44.2 Å². The summed E-state index contributed by atoms with van der Waals surface area (Å²) in [6.07, 6.45) is 5.72. The third-order valence-corrected chi connectivity index (χ3v) is 7.87. The van der Waals surface area contributed by atoms with Crippen molar-refractivity contribution in [3.63, 3.8) is 0 Å². The van der Waals surface area contributed by atoms with Gasteiger partial charge in [-0.3, -0.25) is 19.4 Å². The first-order valence-corrected chi connectivity index (χ1v) is 13.6. The number of ether oxygens (including phenoxy) is 4. The third kappa shape index (κ3) is 4.59. The van der Waals surface area contributed by atoms with Crippen LogP contribution < -0.4 is 24.3 Å². The van der Waals surface area contributed by atoms with Crippen LogP contribution in [0.5, 0.6) is 23.0 Å². The van der Waals surface area contributed by atoms with Gasteiger partial charge < -0.3 is 34.1 Å². The van der Waals surface area contributed by atoms with Crippen LogP contribution in [-0.2, 0) is 4.79 Å². The highest BCUT2D eigenvalue weighted by atomic mass is 16.5. The van der Waals surface area contributed by atoms with Gasteiger partial charge >= 0.3 is 0 Å². The van der Waals surface area contributed by atoms with Gasteiger partial charge in [0.05, 0.1) is 56.0 Å². The van der Waals surface area contributed by atoms with Gasteiger partial charge in [-0.1, -0.05) is 0 Å². The van der Waals surface area contributed by atoms with Crippen LogP contribution in [0.2, 0.25) is 0 Å². The molecule has 4 heterocycles. The maximum Gasteiger partial charge on any atom is 0.256 e. The van der Waals surface area contributed by atoms with E-state index in [4.69, 9.17) is 18.9 Å². The van der Waals surface area contributed by atoms with E-state index in [0.717, 1.165) is 25.8 Å². The van der Waals surface area contributed by atoms with Gasteiger partial charge in [-0.05, 0) is 37.8 Å². The number of nitrogens with zero attached hydrogens (tertiary/aromatic N) is 3. The monoisotopic (exact) mass is 548 g/mol. The standard InChI is InChI=1S/C29H32N4O7/c1-37-23-12-18-20(30-16-17-6-3-8-32(17)28(18)35)14-25(23)39-10-5-11-40-26-15-21-19(13-24(26)38-2)29(36)33-9-4-7-22(33)27(34)31-21/h12-17,22H,3-11H2,1-2H3,(H,31,34)/t17-,22-/m0/s1. The highest BCUT2D eigenvalue weighted by molar-refractivity contribution is 6.10. The summed E-state index contributed by atoms with van der Waals surface area (Å²) in [6.45, 7) is 1.91. The molecule has 6 rings (SSSR count). The van der Waals surface area contributed by atoms with E-state index in [-0.39, 0.29) is 23.8 Å². The molecule has 2 aromatic rings.